The van der Waals surface area contributed by atoms with E-state index in [2.05, 4.69) is 5.32 Å². The summed E-state index contributed by atoms with van der Waals surface area (Å²) in [6, 6.07) is 0. The molecule has 0 aliphatic carbocycles. The summed E-state index contributed by atoms with van der Waals surface area (Å²) in [6.07, 6.45) is 0.207. The molecule has 1 rings (SSSR count). The number of thiocarbonyl (C=S) groups is 1. The Morgan fingerprint density at radius 1 is 1.69 bits per heavy atom. The topological polar surface area (TPSA) is 69.6 Å². The van der Waals surface area contributed by atoms with Crippen molar-refractivity contribution < 1.29 is 14.7 Å². The summed E-state index contributed by atoms with van der Waals surface area (Å²) in [5, 5.41) is 10.9. The minimum atomic E-state index is -0.186. The highest BCUT2D eigenvalue weighted by Gasteiger charge is 2.33. The molecule has 90 valence electrons. The summed E-state index contributed by atoms with van der Waals surface area (Å²) in [7, 11) is 0. The summed E-state index contributed by atoms with van der Waals surface area (Å²) in [4.78, 5) is 24.3. The Morgan fingerprint density at radius 2 is 2.38 bits per heavy atom. The van der Waals surface area contributed by atoms with Crippen LogP contribution < -0.4 is 5.32 Å². The zero-order valence-corrected chi connectivity index (χ0v) is 10.6. The maximum absolute atomic E-state index is 11.6. The maximum atomic E-state index is 11.6. The van der Waals surface area contributed by atoms with E-state index < -0.39 is 0 Å². The summed E-state index contributed by atoms with van der Waals surface area (Å²) in [5.74, 6) is -0.223. The Kier molecular flexibility index (Phi) is 5.17. The molecule has 1 aliphatic heterocycles. The summed E-state index contributed by atoms with van der Waals surface area (Å²) in [5.41, 5.74) is 0. The molecule has 2 N–H and O–H groups in total. The van der Waals surface area contributed by atoms with Crippen molar-refractivity contribution in [1.29, 1.82) is 0 Å². The fraction of sp³-hybridized carbons (Fsp3) is 0.667. The average Bonchev–Trinajstić information content (AvgIpc) is 2.48. The van der Waals surface area contributed by atoms with Crippen LogP contribution in [0.3, 0.4) is 0 Å². The van der Waals surface area contributed by atoms with Crippen molar-refractivity contribution in [1.82, 2.24) is 10.2 Å². The van der Waals surface area contributed by atoms with Crippen LogP contribution in [0.4, 0.5) is 0 Å². The first-order valence-electron chi connectivity index (χ1n) is 4.96. The maximum Gasteiger partial charge on any atom is 0.241 e. The molecular weight excluding hydrogens is 248 g/mol. The summed E-state index contributed by atoms with van der Waals surface area (Å²) in [6.45, 7) is 2.26. The number of aliphatic hydroxyl groups is 1. The molecule has 1 fully saturated rings. The third kappa shape index (κ3) is 3.43. The number of hydrogen-bond donors (Lipinski definition) is 2. The Hall–Kier alpha value is -0.660. The van der Waals surface area contributed by atoms with Gasteiger partial charge in [-0.05, 0) is 6.92 Å². The first kappa shape index (κ1) is 13.4. The molecular formula is C9H14N2O3S2. The lowest BCUT2D eigenvalue weighted by Crippen LogP contribution is -2.35. The van der Waals surface area contributed by atoms with Crippen LogP contribution in [0.25, 0.3) is 0 Å². The second-order valence-corrected chi connectivity index (χ2v) is 5.31. The van der Waals surface area contributed by atoms with Gasteiger partial charge in [-0.1, -0.05) is 24.0 Å². The van der Waals surface area contributed by atoms with E-state index in [0.717, 1.165) is 0 Å². The molecule has 5 nitrogen and oxygen atoms in total. The molecule has 7 heteroatoms. The van der Waals surface area contributed by atoms with Crippen LogP contribution in [-0.4, -0.2) is 51.1 Å². The van der Waals surface area contributed by atoms with Crippen LogP contribution in [0, 0.1) is 0 Å². The van der Waals surface area contributed by atoms with Crippen LogP contribution in [0.5, 0.6) is 0 Å². The van der Waals surface area contributed by atoms with Gasteiger partial charge in [0.15, 0.2) is 0 Å². The molecule has 0 aromatic rings. The van der Waals surface area contributed by atoms with Crippen LogP contribution in [0.1, 0.15) is 13.3 Å². The van der Waals surface area contributed by atoms with E-state index >= 15 is 0 Å². The quantitative estimate of drug-likeness (QED) is 0.668. The van der Waals surface area contributed by atoms with Crippen molar-refractivity contribution in [3.05, 3.63) is 0 Å². The highest BCUT2D eigenvalue weighted by molar-refractivity contribution is 8.24. The molecule has 1 saturated heterocycles. The largest absolute Gasteiger partial charge is 0.395 e. The van der Waals surface area contributed by atoms with Gasteiger partial charge in [-0.3, -0.25) is 14.5 Å². The van der Waals surface area contributed by atoms with Crippen LogP contribution in [-0.2, 0) is 9.59 Å². The van der Waals surface area contributed by atoms with Gasteiger partial charge in [0.05, 0.1) is 11.9 Å². The lowest BCUT2D eigenvalue weighted by Gasteiger charge is -2.14. The minimum absolute atomic E-state index is 0.0371. The number of nitrogens with zero attached hydrogens (tertiary/aromatic N) is 1. The third-order valence-electron chi connectivity index (χ3n) is 2.11. The van der Waals surface area contributed by atoms with Crippen LogP contribution in [0.15, 0.2) is 0 Å². The zero-order valence-electron chi connectivity index (χ0n) is 8.93. The molecule has 1 atom stereocenters. The molecule has 0 radical (unpaired) electrons. The van der Waals surface area contributed by atoms with Crippen LogP contribution >= 0.6 is 24.0 Å². The molecule has 0 bridgehead atoms. The highest BCUT2D eigenvalue weighted by atomic mass is 32.2. The van der Waals surface area contributed by atoms with Crippen molar-refractivity contribution in [2.75, 3.05) is 19.7 Å². The number of nitrogens with one attached hydrogen (secondary N) is 1. The molecule has 1 aliphatic rings. The first-order valence-corrected chi connectivity index (χ1v) is 6.24. The third-order valence-corrected chi connectivity index (χ3v) is 3.59. The molecule has 0 saturated carbocycles. The Morgan fingerprint density at radius 3 is 2.88 bits per heavy atom. The van der Waals surface area contributed by atoms with Crippen molar-refractivity contribution >= 4 is 40.1 Å². The van der Waals surface area contributed by atoms with Gasteiger partial charge in [0.1, 0.15) is 4.32 Å². The second-order valence-electron chi connectivity index (χ2n) is 3.34. The van der Waals surface area contributed by atoms with Gasteiger partial charge in [-0.15, -0.1) is 0 Å². The van der Waals surface area contributed by atoms with E-state index in [-0.39, 0.29) is 36.6 Å². The van der Waals surface area contributed by atoms with E-state index in [0.29, 0.717) is 10.9 Å². The minimum Gasteiger partial charge on any atom is -0.395 e. The number of thioether (sulfide) groups is 1. The lowest BCUT2D eigenvalue weighted by molar-refractivity contribution is -0.126. The number of hydrogen-bond acceptors (Lipinski definition) is 5. The average molecular weight is 262 g/mol. The first-order chi connectivity index (χ1) is 7.56. The van der Waals surface area contributed by atoms with Gasteiger partial charge in [-0.25, -0.2) is 0 Å². The predicted octanol–water partition coefficient (Wildman–Crippen LogP) is -0.266. The van der Waals surface area contributed by atoms with E-state index in [1.165, 1.54) is 16.7 Å². The number of amides is 2. The summed E-state index contributed by atoms with van der Waals surface area (Å²) < 4.78 is 0.535. The number of aliphatic hydroxyl groups excluding tert-OH is 1. The van der Waals surface area contributed by atoms with Crippen molar-refractivity contribution in [3.63, 3.8) is 0 Å². The monoisotopic (exact) mass is 262 g/mol. The zero-order chi connectivity index (χ0) is 12.1. The predicted molar refractivity (Wildman–Crippen MR) is 66.1 cm³/mol. The molecule has 0 spiro atoms. The summed E-state index contributed by atoms with van der Waals surface area (Å²) >= 11 is 6.37. The van der Waals surface area contributed by atoms with Gasteiger partial charge in [0.2, 0.25) is 11.8 Å². The van der Waals surface area contributed by atoms with E-state index in [1.807, 2.05) is 0 Å². The number of carbonyl (C=O) groups excluding carboxylic acids is 2. The molecule has 1 unspecified atom stereocenters. The van der Waals surface area contributed by atoms with Gasteiger partial charge in [-0.2, -0.15) is 0 Å². The molecule has 0 aromatic heterocycles. The van der Waals surface area contributed by atoms with Crippen LogP contribution in [0.2, 0.25) is 0 Å². The smallest absolute Gasteiger partial charge is 0.241 e. The number of carbonyl (C=O) groups is 2. The lowest BCUT2D eigenvalue weighted by atomic mass is 10.3. The van der Waals surface area contributed by atoms with E-state index in [1.54, 1.807) is 6.92 Å². The van der Waals surface area contributed by atoms with Gasteiger partial charge < -0.3 is 10.4 Å². The molecule has 1 heterocycles. The SMILES string of the molecule is CC1SC(=S)N(CCC(=O)NCCO)C1=O. The second kappa shape index (κ2) is 6.17. The Bertz CT molecular complexity index is 309. The fourth-order valence-electron chi connectivity index (χ4n) is 1.27. The van der Waals surface area contributed by atoms with Crippen molar-refractivity contribution in [2.24, 2.45) is 0 Å². The van der Waals surface area contributed by atoms with Crippen molar-refractivity contribution in [3.8, 4) is 0 Å². The van der Waals surface area contributed by atoms with Gasteiger partial charge in [0.25, 0.3) is 0 Å². The Balaban J connectivity index is 2.35. The standard InChI is InChI=1S/C9H14N2O3S2/c1-6-8(14)11(9(15)16-6)4-2-7(13)10-3-5-12/h6,12H,2-5H2,1H3,(H,10,13). The van der Waals surface area contributed by atoms with Crippen molar-refractivity contribution in [2.45, 2.75) is 18.6 Å². The van der Waals surface area contributed by atoms with Gasteiger partial charge >= 0.3 is 0 Å². The fourth-order valence-corrected chi connectivity index (χ4v) is 2.73. The molecule has 0 aromatic carbocycles. The Labute approximate surface area is 104 Å². The number of rotatable bonds is 5. The van der Waals surface area contributed by atoms with E-state index in [4.69, 9.17) is 17.3 Å². The highest BCUT2D eigenvalue weighted by Crippen LogP contribution is 2.26. The normalized spacial score (nSPS) is 20.4. The molecule has 16 heavy (non-hydrogen) atoms. The van der Waals surface area contributed by atoms with E-state index in [9.17, 15) is 9.59 Å². The molecule has 2 amide bonds. The van der Waals surface area contributed by atoms with Gasteiger partial charge in [0, 0.05) is 19.5 Å².